The molecule has 0 saturated carbocycles. The minimum absolute atomic E-state index is 0.107. The predicted octanol–water partition coefficient (Wildman–Crippen LogP) is 5.20. The van der Waals surface area contributed by atoms with E-state index in [0.29, 0.717) is 23.1 Å². The molecule has 0 saturated heterocycles. The number of carbonyl (C=O) groups excluding carboxylic acids is 1. The van der Waals surface area contributed by atoms with Crippen molar-refractivity contribution in [1.29, 1.82) is 0 Å². The number of hydrogen-bond acceptors (Lipinski definition) is 4. The van der Waals surface area contributed by atoms with Crippen molar-refractivity contribution in [3.63, 3.8) is 0 Å². The van der Waals surface area contributed by atoms with Crippen LogP contribution in [-0.4, -0.2) is 15.7 Å². The van der Waals surface area contributed by atoms with Crippen molar-refractivity contribution in [1.82, 2.24) is 15.1 Å². The van der Waals surface area contributed by atoms with Gasteiger partial charge in [0.1, 0.15) is 12.4 Å². The molecule has 5 nitrogen and oxygen atoms in total. The number of benzene rings is 1. The fourth-order valence-electron chi connectivity index (χ4n) is 2.59. The molecule has 0 radical (unpaired) electrons. The molecule has 0 spiro atoms. The van der Waals surface area contributed by atoms with Gasteiger partial charge < -0.3 is 10.1 Å². The highest BCUT2D eigenvalue weighted by Crippen LogP contribution is 2.24. The minimum atomic E-state index is -0.107. The zero-order chi connectivity index (χ0) is 19.4. The van der Waals surface area contributed by atoms with E-state index in [1.165, 1.54) is 11.3 Å². The summed E-state index contributed by atoms with van der Waals surface area (Å²) in [5.74, 6) is 0.680. The number of nitrogens with one attached hydrogen (secondary N) is 1. The van der Waals surface area contributed by atoms with Gasteiger partial charge in [0.25, 0.3) is 5.91 Å². The Balaban J connectivity index is 1.58. The van der Waals surface area contributed by atoms with Crippen LogP contribution in [0.4, 0.5) is 0 Å². The van der Waals surface area contributed by atoms with Crippen molar-refractivity contribution < 1.29 is 9.53 Å². The molecule has 0 bridgehead atoms. The van der Waals surface area contributed by atoms with Gasteiger partial charge in [0.15, 0.2) is 0 Å². The summed E-state index contributed by atoms with van der Waals surface area (Å²) in [4.78, 5) is 13.1. The van der Waals surface area contributed by atoms with Gasteiger partial charge in [-0.05, 0) is 65.0 Å². The molecular formula is C19H19BrClN3O2S. The molecule has 3 rings (SSSR count). The second-order valence-electron chi connectivity index (χ2n) is 5.96. The van der Waals surface area contributed by atoms with Crippen LogP contribution in [0.3, 0.4) is 0 Å². The quantitative estimate of drug-likeness (QED) is 0.519. The number of nitrogens with zero attached hydrogens (tertiary/aromatic N) is 2. The van der Waals surface area contributed by atoms with E-state index < -0.39 is 0 Å². The van der Waals surface area contributed by atoms with Gasteiger partial charge in [0, 0.05) is 17.1 Å². The average Bonchev–Trinajstić information content (AvgIpc) is 3.25. The number of ether oxygens (including phenoxy) is 1. The van der Waals surface area contributed by atoms with Crippen molar-refractivity contribution in [2.75, 3.05) is 0 Å². The largest absolute Gasteiger partial charge is 0.489 e. The first-order valence-electron chi connectivity index (χ1n) is 8.42. The third kappa shape index (κ3) is 4.91. The highest BCUT2D eigenvalue weighted by molar-refractivity contribution is 9.10. The second kappa shape index (κ2) is 8.91. The van der Waals surface area contributed by atoms with Crippen LogP contribution in [0.2, 0.25) is 5.02 Å². The molecule has 0 aliphatic heterocycles. The van der Waals surface area contributed by atoms with Crippen LogP contribution in [-0.2, 0) is 19.7 Å². The summed E-state index contributed by atoms with van der Waals surface area (Å²) in [7, 11) is 0. The van der Waals surface area contributed by atoms with Crippen LogP contribution < -0.4 is 10.1 Å². The lowest BCUT2D eigenvalue weighted by atomic mass is 10.2. The molecule has 0 aliphatic carbocycles. The van der Waals surface area contributed by atoms with Crippen LogP contribution >= 0.6 is 38.9 Å². The number of aryl methyl sites for hydroxylation is 2. The van der Waals surface area contributed by atoms with E-state index in [1.807, 2.05) is 42.1 Å². The van der Waals surface area contributed by atoms with Crippen molar-refractivity contribution in [3.05, 3.63) is 67.0 Å². The summed E-state index contributed by atoms with van der Waals surface area (Å²) in [6.45, 7) is 5.54. The van der Waals surface area contributed by atoms with Crippen LogP contribution in [0, 0.1) is 6.92 Å². The Labute approximate surface area is 175 Å². The van der Waals surface area contributed by atoms with E-state index in [2.05, 4.69) is 26.3 Å². The van der Waals surface area contributed by atoms with Crippen molar-refractivity contribution in [2.24, 2.45) is 0 Å². The molecular weight excluding hydrogens is 450 g/mol. The highest BCUT2D eigenvalue weighted by Gasteiger charge is 2.13. The number of carbonyl (C=O) groups is 1. The lowest BCUT2D eigenvalue weighted by molar-refractivity contribution is 0.0954. The first-order valence-corrected chi connectivity index (χ1v) is 10.5. The van der Waals surface area contributed by atoms with E-state index in [4.69, 9.17) is 16.3 Å². The molecule has 0 aliphatic rings. The van der Waals surface area contributed by atoms with Gasteiger partial charge >= 0.3 is 0 Å². The maximum absolute atomic E-state index is 12.4. The summed E-state index contributed by atoms with van der Waals surface area (Å²) in [6.07, 6.45) is 1.74. The number of hydrogen-bond donors (Lipinski definition) is 1. The zero-order valence-electron chi connectivity index (χ0n) is 15.0. The van der Waals surface area contributed by atoms with Crippen LogP contribution in [0.1, 0.15) is 33.4 Å². The minimum Gasteiger partial charge on any atom is -0.489 e. The number of amides is 1. The van der Waals surface area contributed by atoms with Gasteiger partial charge in [0.05, 0.1) is 27.8 Å². The van der Waals surface area contributed by atoms with Crippen LogP contribution in [0.5, 0.6) is 5.75 Å². The number of halogens is 2. The molecule has 2 aromatic heterocycles. The summed E-state index contributed by atoms with van der Waals surface area (Å²) in [5.41, 5.74) is 2.89. The van der Waals surface area contributed by atoms with Crippen LogP contribution in [0.25, 0.3) is 0 Å². The van der Waals surface area contributed by atoms with Crippen molar-refractivity contribution >= 4 is 44.8 Å². The predicted molar refractivity (Wildman–Crippen MR) is 112 cm³/mol. The lowest BCUT2D eigenvalue weighted by Gasteiger charge is -2.08. The maximum Gasteiger partial charge on any atom is 0.261 e. The van der Waals surface area contributed by atoms with Gasteiger partial charge in [0.2, 0.25) is 0 Å². The normalized spacial score (nSPS) is 10.8. The Hall–Kier alpha value is -1.83. The molecule has 0 atom stereocenters. The van der Waals surface area contributed by atoms with Crippen LogP contribution in [0.15, 0.2) is 40.3 Å². The van der Waals surface area contributed by atoms with E-state index in [9.17, 15) is 4.79 Å². The number of rotatable bonds is 7. The molecule has 0 unspecified atom stereocenters. The standard InChI is InChI=1S/C19H19BrClN3O2S/c1-3-24-16(15(20)8-23-24)9-22-19(25)18-7-13(11-27-18)10-26-17-5-4-14(21)6-12(17)2/h4-8,11H,3,9-10H2,1-2H3,(H,22,25). The molecule has 3 aromatic rings. The zero-order valence-corrected chi connectivity index (χ0v) is 18.1. The van der Waals surface area contributed by atoms with Crippen molar-refractivity contribution in [3.8, 4) is 5.75 Å². The van der Waals surface area contributed by atoms with Gasteiger partial charge in [-0.15, -0.1) is 11.3 Å². The third-order valence-corrected chi connectivity index (χ3v) is 5.90. The smallest absolute Gasteiger partial charge is 0.261 e. The molecule has 142 valence electrons. The SMILES string of the molecule is CCn1ncc(Br)c1CNC(=O)c1cc(COc2ccc(Cl)cc2C)cs1. The maximum atomic E-state index is 12.4. The Kier molecular flexibility index (Phi) is 6.57. The monoisotopic (exact) mass is 467 g/mol. The molecule has 0 fully saturated rings. The summed E-state index contributed by atoms with van der Waals surface area (Å²) < 4.78 is 8.58. The Morgan fingerprint density at radius 3 is 2.96 bits per heavy atom. The molecule has 2 heterocycles. The number of aromatic nitrogens is 2. The number of thiophene rings is 1. The Morgan fingerprint density at radius 1 is 1.41 bits per heavy atom. The fourth-order valence-corrected chi connectivity index (χ4v) is 4.07. The molecule has 1 aromatic carbocycles. The first-order chi connectivity index (χ1) is 13.0. The highest BCUT2D eigenvalue weighted by atomic mass is 79.9. The van der Waals surface area contributed by atoms with E-state index in [-0.39, 0.29) is 5.91 Å². The van der Waals surface area contributed by atoms with Gasteiger partial charge in [-0.3, -0.25) is 9.48 Å². The Bertz CT molecular complexity index is 954. The summed E-state index contributed by atoms with van der Waals surface area (Å²) in [6, 6.07) is 7.38. The molecule has 1 N–H and O–H groups in total. The average molecular weight is 469 g/mol. The molecule has 8 heteroatoms. The fraction of sp³-hybridized carbons (Fsp3) is 0.263. The first kappa shape index (κ1) is 19.9. The van der Waals surface area contributed by atoms with Crippen molar-refractivity contribution in [2.45, 2.75) is 33.5 Å². The van der Waals surface area contributed by atoms with E-state index in [1.54, 1.807) is 12.3 Å². The van der Waals surface area contributed by atoms with Gasteiger partial charge in [-0.25, -0.2) is 0 Å². The lowest BCUT2D eigenvalue weighted by Crippen LogP contribution is -2.23. The topological polar surface area (TPSA) is 56.2 Å². The second-order valence-corrected chi connectivity index (χ2v) is 8.16. The third-order valence-electron chi connectivity index (χ3n) is 4.02. The van der Waals surface area contributed by atoms with E-state index >= 15 is 0 Å². The Morgan fingerprint density at radius 2 is 2.22 bits per heavy atom. The molecule has 27 heavy (non-hydrogen) atoms. The summed E-state index contributed by atoms with van der Waals surface area (Å²) >= 11 is 10.8. The van der Waals surface area contributed by atoms with E-state index in [0.717, 1.165) is 33.6 Å². The molecule has 1 amide bonds. The van der Waals surface area contributed by atoms with Gasteiger partial charge in [-0.1, -0.05) is 11.6 Å². The summed E-state index contributed by atoms with van der Waals surface area (Å²) in [5, 5.41) is 9.82. The van der Waals surface area contributed by atoms with Gasteiger partial charge in [-0.2, -0.15) is 5.10 Å².